The number of carbonyl (C=O) groups is 2. The van der Waals surface area contributed by atoms with Gasteiger partial charge in [0.2, 0.25) is 0 Å². The predicted molar refractivity (Wildman–Crippen MR) is 157 cm³/mol. The molecule has 220 valence electrons. The lowest BCUT2D eigenvalue weighted by Gasteiger charge is -2.33. The number of amides is 1. The fraction of sp³-hybridized carbons (Fsp3) is 0.367. The number of halogens is 4. The number of aromatic nitrogens is 1. The van der Waals surface area contributed by atoms with Crippen LogP contribution in [-0.4, -0.2) is 59.7 Å². The van der Waals surface area contributed by atoms with E-state index in [4.69, 9.17) is 16.3 Å². The summed E-state index contributed by atoms with van der Waals surface area (Å²) >= 11 is 6.37. The summed E-state index contributed by atoms with van der Waals surface area (Å²) < 4.78 is 35.7. The molecule has 11 heteroatoms. The number of nitrogens with zero attached hydrogens (tertiary/aromatic N) is 2. The molecule has 41 heavy (non-hydrogen) atoms. The molecule has 1 fully saturated rings. The van der Waals surface area contributed by atoms with Crippen LogP contribution in [0.5, 0.6) is 5.75 Å². The van der Waals surface area contributed by atoms with Crippen LogP contribution < -0.4 is 10.1 Å². The molecule has 7 nitrogen and oxygen atoms in total. The highest BCUT2D eigenvalue weighted by Gasteiger charge is 2.41. The van der Waals surface area contributed by atoms with E-state index in [0.29, 0.717) is 48.6 Å². The number of hydrogen-bond donors (Lipinski definition) is 2. The SMILES string of the molecule is CN(C)CCCOc1cc(-c2nc(C(=O)NC3(C(=O)O)CCCCC3)ccc2-c2c(F)cccc2F)ccc1Cl.Cl. The maximum absolute atomic E-state index is 14.9. The van der Waals surface area contributed by atoms with E-state index in [1.165, 1.54) is 18.2 Å². The fourth-order valence-electron chi connectivity index (χ4n) is 4.92. The second kappa shape index (κ2) is 14.1. The second-order valence-electron chi connectivity index (χ2n) is 10.2. The molecular formula is C30H33Cl2F2N3O4. The highest BCUT2D eigenvalue weighted by atomic mass is 35.5. The summed E-state index contributed by atoms with van der Waals surface area (Å²) in [5.74, 6) is -3.00. The van der Waals surface area contributed by atoms with Gasteiger partial charge in [-0.15, -0.1) is 12.4 Å². The Bertz CT molecular complexity index is 1380. The molecule has 1 aliphatic carbocycles. The molecule has 0 atom stereocenters. The first-order valence-corrected chi connectivity index (χ1v) is 13.6. The third kappa shape index (κ3) is 7.52. The van der Waals surface area contributed by atoms with E-state index in [1.54, 1.807) is 18.2 Å². The molecule has 0 unspecified atom stereocenters. The molecule has 0 radical (unpaired) electrons. The van der Waals surface area contributed by atoms with Crippen LogP contribution in [0.4, 0.5) is 8.78 Å². The molecule has 0 spiro atoms. The van der Waals surface area contributed by atoms with Gasteiger partial charge in [-0.25, -0.2) is 18.6 Å². The van der Waals surface area contributed by atoms with Crippen molar-refractivity contribution in [2.75, 3.05) is 27.2 Å². The van der Waals surface area contributed by atoms with Crippen molar-refractivity contribution in [3.63, 3.8) is 0 Å². The monoisotopic (exact) mass is 607 g/mol. The normalized spacial score (nSPS) is 14.3. The van der Waals surface area contributed by atoms with Gasteiger partial charge in [-0.3, -0.25) is 4.79 Å². The molecule has 1 aliphatic rings. The van der Waals surface area contributed by atoms with E-state index in [2.05, 4.69) is 10.3 Å². The summed E-state index contributed by atoms with van der Waals surface area (Å²) in [4.78, 5) is 31.9. The van der Waals surface area contributed by atoms with Crippen LogP contribution in [0.25, 0.3) is 22.4 Å². The van der Waals surface area contributed by atoms with Crippen LogP contribution in [0.2, 0.25) is 5.02 Å². The van der Waals surface area contributed by atoms with Gasteiger partial charge in [0.05, 0.1) is 22.9 Å². The minimum Gasteiger partial charge on any atom is -0.492 e. The topological polar surface area (TPSA) is 91.8 Å². The Kier molecular flexibility index (Phi) is 11.1. The molecule has 3 aromatic rings. The summed E-state index contributed by atoms with van der Waals surface area (Å²) in [6.45, 7) is 1.20. The smallest absolute Gasteiger partial charge is 0.329 e. The van der Waals surface area contributed by atoms with Gasteiger partial charge in [-0.2, -0.15) is 0 Å². The van der Waals surface area contributed by atoms with Gasteiger partial charge in [0.15, 0.2) is 0 Å². The molecule has 0 aliphatic heterocycles. The predicted octanol–water partition coefficient (Wildman–Crippen LogP) is 6.62. The lowest BCUT2D eigenvalue weighted by atomic mass is 9.81. The third-order valence-corrected chi connectivity index (χ3v) is 7.35. The number of benzene rings is 2. The van der Waals surface area contributed by atoms with Crippen LogP contribution in [0.15, 0.2) is 48.5 Å². The standard InChI is InChI=1S/C30H32ClF2N3O4.ClH/c1-36(2)16-7-17-40-25-18-19(10-12-21(25)31)27-20(26-22(32)8-6-9-23(26)33)11-13-24(34-27)28(37)35-30(29(38)39)14-4-3-5-15-30;/h6,8-13,18H,3-5,7,14-17H2,1-2H3,(H,35,37)(H,38,39);1H. The van der Waals surface area contributed by atoms with Crippen molar-refractivity contribution < 1.29 is 28.2 Å². The van der Waals surface area contributed by atoms with Crippen LogP contribution in [-0.2, 0) is 4.79 Å². The zero-order valence-electron chi connectivity index (χ0n) is 22.9. The summed E-state index contributed by atoms with van der Waals surface area (Å²) in [6.07, 6.45) is 3.62. The zero-order chi connectivity index (χ0) is 28.9. The Morgan fingerprint density at radius 3 is 2.39 bits per heavy atom. The summed E-state index contributed by atoms with van der Waals surface area (Å²) in [5, 5.41) is 12.9. The van der Waals surface area contributed by atoms with Crippen molar-refractivity contribution in [2.24, 2.45) is 0 Å². The fourth-order valence-corrected chi connectivity index (χ4v) is 5.09. The minimum atomic E-state index is -1.39. The maximum Gasteiger partial charge on any atom is 0.329 e. The van der Waals surface area contributed by atoms with Gasteiger partial charge in [0, 0.05) is 17.7 Å². The summed E-state index contributed by atoms with van der Waals surface area (Å²) in [6, 6.07) is 11.1. The molecule has 2 N–H and O–H groups in total. The van der Waals surface area contributed by atoms with E-state index in [9.17, 15) is 23.5 Å². The highest BCUT2D eigenvalue weighted by Crippen LogP contribution is 2.37. The number of carboxylic acid groups (broad SMARTS) is 1. The van der Waals surface area contributed by atoms with Crippen LogP contribution >= 0.6 is 24.0 Å². The average molecular weight is 609 g/mol. The maximum atomic E-state index is 14.9. The Labute approximate surface area is 249 Å². The summed E-state index contributed by atoms with van der Waals surface area (Å²) in [7, 11) is 3.91. The number of rotatable bonds is 10. The lowest BCUT2D eigenvalue weighted by Crippen LogP contribution is -2.55. The molecule has 0 saturated heterocycles. The lowest BCUT2D eigenvalue weighted by molar-refractivity contribution is -0.145. The van der Waals surface area contributed by atoms with Gasteiger partial charge in [0.1, 0.15) is 28.6 Å². The highest BCUT2D eigenvalue weighted by molar-refractivity contribution is 6.32. The Hall–Kier alpha value is -3.27. The van der Waals surface area contributed by atoms with E-state index in [0.717, 1.165) is 31.5 Å². The quantitative estimate of drug-likeness (QED) is 0.252. The molecule has 0 bridgehead atoms. The largest absolute Gasteiger partial charge is 0.492 e. The number of aliphatic carboxylic acids is 1. The van der Waals surface area contributed by atoms with Gasteiger partial charge >= 0.3 is 5.97 Å². The van der Waals surface area contributed by atoms with Crippen molar-refractivity contribution in [2.45, 2.75) is 44.1 Å². The molecule has 1 saturated carbocycles. The van der Waals surface area contributed by atoms with Crippen LogP contribution in [0.1, 0.15) is 49.0 Å². The summed E-state index contributed by atoms with van der Waals surface area (Å²) in [5.41, 5.74) is -1.09. The molecular weight excluding hydrogens is 575 g/mol. The number of ether oxygens (including phenoxy) is 1. The first-order valence-electron chi connectivity index (χ1n) is 13.2. The van der Waals surface area contributed by atoms with Crippen molar-refractivity contribution in [3.8, 4) is 28.1 Å². The van der Waals surface area contributed by atoms with E-state index in [1.807, 2.05) is 19.0 Å². The van der Waals surface area contributed by atoms with Gasteiger partial charge < -0.3 is 20.1 Å². The van der Waals surface area contributed by atoms with E-state index < -0.39 is 29.0 Å². The van der Waals surface area contributed by atoms with Crippen LogP contribution in [0, 0.1) is 11.6 Å². The average Bonchev–Trinajstić information content (AvgIpc) is 2.92. The van der Waals surface area contributed by atoms with Gasteiger partial charge in [0.25, 0.3) is 5.91 Å². The first-order chi connectivity index (χ1) is 19.1. The zero-order valence-corrected chi connectivity index (χ0v) is 24.5. The molecule has 1 aromatic heterocycles. The number of nitrogens with one attached hydrogen (secondary N) is 1. The van der Waals surface area contributed by atoms with Gasteiger partial charge in [-0.1, -0.05) is 43.0 Å². The van der Waals surface area contributed by atoms with E-state index in [-0.39, 0.29) is 34.9 Å². The molecule has 1 amide bonds. The number of carbonyl (C=O) groups excluding carboxylic acids is 1. The Balaban J connectivity index is 0.00000462. The van der Waals surface area contributed by atoms with Crippen molar-refractivity contribution in [1.29, 1.82) is 0 Å². The van der Waals surface area contributed by atoms with Crippen molar-refractivity contribution in [1.82, 2.24) is 15.2 Å². The minimum absolute atomic E-state index is 0. The van der Waals surface area contributed by atoms with Crippen molar-refractivity contribution >= 4 is 35.9 Å². The Morgan fingerprint density at radius 1 is 1.07 bits per heavy atom. The van der Waals surface area contributed by atoms with Crippen LogP contribution in [0.3, 0.4) is 0 Å². The number of carboxylic acids is 1. The third-order valence-electron chi connectivity index (χ3n) is 7.04. The second-order valence-corrected chi connectivity index (χ2v) is 10.6. The molecule has 2 aromatic carbocycles. The molecule has 1 heterocycles. The Morgan fingerprint density at radius 2 is 1.76 bits per heavy atom. The van der Waals surface area contributed by atoms with Crippen molar-refractivity contribution in [3.05, 3.63) is 70.9 Å². The van der Waals surface area contributed by atoms with E-state index >= 15 is 0 Å². The number of pyridine rings is 1. The molecule has 4 rings (SSSR count). The van der Waals surface area contributed by atoms with Gasteiger partial charge in [-0.05, 0) is 69.8 Å². The number of hydrogen-bond acceptors (Lipinski definition) is 5. The first kappa shape index (κ1) is 32.2.